The molecule has 1 fully saturated rings. The molecule has 0 saturated carbocycles. The minimum Gasteiger partial charge on any atom is -0.478 e. The Hall–Kier alpha value is -2.70. The summed E-state index contributed by atoms with van der Waals surface area (Å²) in [5.74, 6) is 1.16. The third-order valence-electron chi connectivity index (χ3n) is 4.05. The van der Waals surface area contributed by atoms with Gasteiger partial charge in [-0.2, -0.15) is 0 Å². The van der Waals surface area contributed by atoms with Crippen molar-refractivity contribution in [2.45, 2.75) is 12.5 Å². The molecule has 0 spiro atoms. The third kappa shape index (κ3) is 3.08. The molecular formula is C16H19N5O2. The Bertz CT molecular complexity index is 679. The second kappa shape index (κ2) is 6.60. The molecule has 0 aliphatic carbocycles. The fourth-order valence-corrected chi connectivity index (χ4v) is 2.76. The van der Waals surface area contributed by atoms with Crippen LogP contribution in [0.5, 0.6) is 5.88 Å². The number of methoxy groups -OCH3 is 1. The van der Waals surface area contributed by atoms with Crippen LogP contribution in [0.25, 0.3) is 0 Å². The second-order valence-electron chi connectivity index (χ2n) is 5.41. The van der Waals surface area contributed by atoms with Crippen LogP contribution in [0.2, 0.25) is 0 Å². The largest absolute Gasteiger partial charge is 0.478 e. The number of likely N-dealkylation sites (N-methyl/N-ethyl adjacent to an activating group) is 1. The molecule has 1 saturated heterocycles. The van der Waals surface area contributed by atoms with Crippen molar-refractivity contribution < 1.29 is 9.53 Å². The number of carbonyl (C=O) groups is 1. The monoisotopic (exact) mass is 313 g/mol. The maximum Gasteiger partial charge on any atom is 0.272 e. The van der Waals surface area contributed by atoms with Crippen LogP contribution in [-0.2, 0) is 0 Å². The molecule has 0 bridgehead atoms. The Morgan fingerprint density at radius 1 is 1.26 bits per heavy atom. The Morgan fingerprint density at radius 2 is 2.09 bits per heavy atom. The van der Waals surface area contributed by atoms with Crippen LogP contribution >= 0.6 is 0 Å². The van der Waals surface area contributed by atoms with Gasteiger partial charge in [-0.15, -0.1) is 0 Å². The number of hydrogen-bond donors (Lipinski definition) is 0. The van der Waals surface area contributed by atoms with Crippen LogP contribution in [0.15, 0.2) is 36.8 Å². The number of rotatable bonds is 4. The van der Waals surface area contributed by atoms with E-state index in [-0.39, 0.29) is 11.9 Å². The lowest BCUT2D eigenvalue weighted by Gasteiger charge is -2.25. The summed E-state index contributed by atoms with van der Waals surface area (Å²) >= 11 is 0. The molecule has 0 aromatic carbocycles. The summed E-state index contributed by atoms with van der Waals surface area (Å²) in [7, 11) is 3.40. The third-order valence-corrected chi connectivity index (χ3v) is 4.05. The van der Waals surface area contributed by atoms with E-state index in [1.54, 1.807) is 42.7 Å². The van der Waals surface area contributed by atoms with Gasteiger partial charge in [0.05, 0.1) is 13.2 Å². The first kappa shape index (κ1) is 15.2. The fraction of sp³-hybridized carbons (Fsp3) is 0.375. The van der Waals surface area contributed by atoms with Crippen molar-refractivity contribution in [3.63, 3.8) is 0 Å². The van der Waals surface area contributed by atoms with Crippen LogP contribution < -0.4 is 9.64 Å². The standard InChI is InChI=1S/C16H19N5O2/c1-20(16(22)13-5-3-4-7-17-13)12-6-10-21(11-12)14-15(23-2)19-9-8-18-14/h3-5,7-9,12H,6,10-11H2,1-2H3/t12-/m1/s1. The van der Waals surface area contributed by atoms with Crippen LogP contribution in [0.4, 0.5) is 5.82 Å². The van der Waals surface area contributed by atoms with Gasteiger partial charge in [0.1, 0.15) is 5.69 Å². The predicted molar refractivity (Wildman–Crippen MR) is 85.5 cm³/mol. The number of hydrogen-bond acceptors (Lipinski definition) is 6. The van der Waals surface area contributed by atoms with Crippen molar-refractivity contribution in [2.24, 2.45) is 0 Å². The zero-order valence-corrected chi connectivity index (χ0v) is 13.2. The van der Waals surface area contributed by atoms with Gasteiger partial charge >= 0.3 is 0 Å². The SMILES string of the molecule is COc1nccnc1N1CC[C@@H](N(C)C(=O)c2ccccn2)C1. The van der Waals surface area contributed by atoms with Gasteiger partial charge in [0, 0.05) is 38.7 Å². The zero-order valence-electron chi connectivity index (χ0n) is 13.2. The molecule has 1 aliphatic rings. The molecular weight excluding hydrogens is 294 g/mol. The van der Waals surface area contributed by atoms with E-state index in [1.807, 2.05) is 13.1 Å². The highest BCUT2D eigenvalue weighted by atomic mass is 16.5. The second-order valence-corrected chi connectivity index (χ2v) is 5.41. The van der Waals surface area contributed by atoms with Crippen molar-refractivity contribution in [2.75, 3.05) is 32.1 Å². The summed E-state index contributed by atoms with van der Waals surface area (Å²) in [5.41, 5.74) is 0.463. The summed E-state index contributed by atoms with van der Waals surface area (Å²) in [6, 6.07) is 5.46. The smallest absolute Gasteiger partial charge is 0.272 e. The molecule has 1 amide bonds. The first-order valence-corrected chi connectivity index (χ1v) is 7.49. The average molecular weight is 313 g/mol. The van der Waals surface area contributed by atoms with Gasteiger partial charge in [-0.1, -0.05) is 6.07 Å². The van der Waals surface area contributed by atoms with Crippen molar-refractivity contribution in [1.29, 1.82) is 0 Å². The number of carbonyl (C=O) groups excluding carboxylic acids is 1. The van der Waals surface area contributed by atoms with Gasteiger partial charge in [-0.05, 0) is 18.6 Å². The molecule has 7 heteroatoms. The average Bonchev–Trinajstić information content (AvgIpc) is 3.11. The van der Waals surface area contributed by atoms with E-state index < -0.39 is 0 Å². The van der Waals surface area contributed by atoms with Gasteiger partial charge in [0.25, 0.3) is 11.8 Å². The summed E-state index contributed by atoms with van der Waals surface area (Å²) in [5, 5.41) is 0. The number of anilines is 1. The van der Waals surface area contributed by atoms with Crippen LogP contribution in [0, 0.1) is 0 Å². The molecule has 1 atom stereocenters. The van der Waals surface area contributed by atoms with Crippen molar-refractivity contribution in [1.82, 2.24) is 19.9 Å². The molecule has 7 nitrogen and oxygen atoms in total. The number of ether oxygens (including phenoxy) is 1. The van der Waals surface area contributed by atoms with Gasteiger partial charge in [-0.25, -0.2) is 9.97 Å². The van der Waals surface area contributed by atoms with Crippen molar-refractivity contribution in [3.8, 4) is 5.88 Å². The van der Waals surface area contributed by atoms with Crippen LogP contribution in [0.1, 0.15) is 16.9 Å². The van der Waals surface area contributed by atoms with Crippen molar-refractivity contribution in [3.05, 3.63) is 42.5 Å². The maximum absolute atomic E-state index is 12.5. The van der Waals surface area contributed by atoms with E-state index in [1.165, 1.54) is 0 Å². The van der Waals surface area contributed by atoms with E-state index in [2.05, 4.69) is 19.9 Å². The normalized spacial score (nSPS) is 17.1. The van der Waals surface area contributed by atoms with Gasteiger partial charge < -0.3 is 14.5 Å². The number of nitrogens with zero attached hydrogens (tertiary/aromatic N) is 5. The Kier molecular flexibility index (Phi) is 4.36. The van der Waals surface area contributed by atoms with E-state index >= 15 is 0 Å². The number of aromatic nitrogens is 3. The highest BCUT2D eigenvalue weighted by molar-refractivity contribution is 5.92. The first-order valence-electron chi connectivity index (χ1n) is 7.49. The molecule has 3 heterocycles. The van der Waals surface area contributed by atoms with E-state index in [0.29, 0.717) is 18.1 Å². The van der Waals surface area contributed by atoms with E-state index in [9.17, 15) is 4.79 Å². The van der Waals surface area contributed by atoms with Crippen LogP contribution in [-0.4, -0.2) is 59.0 Å². The van der Waals surface area contributed by atoms with E-state index in [0.717, 1.165) is 18.8 Å². The Labute approximate surface area is 134 Å². The zero-order chi connectivity index (χ0) is 16.2. The van der Waals surface area contributed by atoms with Gasteiger partial charge in [0.15, 0.2) is 5.82 Å². The molecule has 0 unspecified atom stereocenters. The number of pyridine rings is 1. The topological polar surface area (TPSA) is 71.5 Å². The predicted octanol–water partition coefficient (Wildman–Crippen LogP) is 1.23. The molecule has 120 valence electrons. The Morgan fingerprint density at radius 3 is 2.83 bits per heavy atom. The molecule has 1 aliphatic heterocycles. The van der Waals surface area contributed by atoms with E-state index in [4.69, 9.17) is 4.74 Å². The first-order chi connectivity index (χ1) is 11.2. The molecule has 23 heavy (non-hydrogen) atoms. The molecule has 2 aromatic heterocycles. The lowest BCUT2D eigenvalue weighted by atomic mass is 10.2. The molecule has 0 N–H and O–H groups in total. The van der Waals surface area contributed by atoms with Crippen molar-refractivity contribution >= 4 is 11.7 Å². The Balaban J connectivity index is 1.71. The minimum atomic E-state index is -0.0661. The fourth-order valence-electron chi connectivity index (χ4n) is 2.76. The lowest BCUT2D eigenvalue weighted by molar-refractivity contribution is 0.0739. The molecule has 2 aromatic rings. The number of amides is 1. The maximum atomic E-state index is 12.5. The molecule has 0 radical (unpaired) electrons. The van der Waals surface area contributed by atoms with Gasteiger partial charge in [-0.3, -0.25) is 9.78 Å². The highest BCUT2D eigenvalue weighted by Gasteiger charge is 2.31. The molecule has 3 rings (SSSR count). The lowest BCUT2D eigenvalue weighted by Crippen LogP contribution is -2.39. The summed E-state index contributed by atoms with van der Waals surface area (Å²) in [4.78, 5) is 29.0. The summed E-state index contributed by atoms with van der Waals surface area (Å²) in [6.45, 7) is 1.50. The highest BCUT2D eigenvalue weighted by Crippen LogP contribution is 2.27. The minimum absolute atomic E-state index is 0.0661. The van der Waals surface area contributed by atoms with Gasteiger partial charge in [0.2, 0.25) is 0 Å². The quantitative estimate of drug-likeness (QED) is 0.845. The van der Waals surface area contributed by atoms with Crippen LogP contribution in [0.3, 0.4) is 0 Å². The summed E-state index contributed by atoms with van der Waals surface area (Å²) < 4.78 is 5.26. The summed E-state index contributed by atoms with van der Waals surface area (Å²) in [6.07, 6.45) is 5.75.